The first-order chi connectivity index (χ1) is 8.19. The fourth-order valence-corrected chi connectivity index (χ4v) is 1.77. The summed E-state index contributed by atoms with van der Waals surface area (Å²) in [6.07, 6.45) is 2.39. The molecule has 5 heteroatoms. The van der Waals surface area contributed by atoms with Gasteiger partial charge in [0, 0.05) is 17.3 Å². The summed E-state index contributed by atoms with van der Waals surface area (Å²) in [6, 6.07) is 7.13. The molecule has 0 aliphatic rings. The van der Waals surface area contributed by atoms with Gasteiger partial charge in [-0.1, -0.05) is 18.5 Å². The highest BCUT2D eigenvalue weighted by Crippen LogP contribution is 2.25. The highest BCUT2D eigenvalue weighted by Gasteiger charge is 2.03. The number of halogens is 2. The largest absolute Gasteiger partial charge is 0.439 e. The summed E-state index contributed by atoms with van der Waals surface area (Å²) < 4.78 is 5.56. The minimum atomic E-state index is 0.159. The van der Waals surface area contributed by atoms with Crippen LogP contribution in [-0.4, -0.2) is 9.97 Å². The van der Waals surface area contributed by atoms with Crippen LogP contribution in [0.5, 0.6) is 11.6 Å². The van der Waals surface area contributed by atoms with Crippen LogP contribution in [0.15, 0.2) is 30.5 Å². The third-order valence-corrected chi connectivity index (χ3v) is 2.77. The maximum Gasteiger partial charge on any atom is 0.225 e. The lowest BCUT2D eigenvalue weighted by Gasteiger charge is -2.07. The Labute approximate surface area is 109 Å². The van der Waals surface area contributed by atoms with E-state index < -0.39 is 0 Å². The molecule has 0 aliphatic heterocycles. The smallest absolute Gasteiger partial charge is 0.225 e. The van der Waals surface area contributed by atoms with Gasteiger partial charge >= 0.3 is 0 Å². The molecule has 1 aromatic carbocycles. The van der Waals surface area contributed by atoms with E-state index in [-0.39, 0.29) is 5.28 Å². The number of aryl methyl sites for hydroxylation is 1. The first kappa shape index (κ1) is 12.1. The number of rotatable bonds is 3. The van der Waals surface area contributed by atoms with Crippen LogP contribution in [0.1, 0.15) is 12.5 Å². The first-order valence-electron chi connectivity index (χ1n) is 5.14. The number of hydrogen-bond acceptors (Lipinski definition) is 3. The third kappa shape index (κ3) is 3.08. The van der Waals surface area contributed by atoms with Crippen LogP contribution in [0.2, 0.25) is 10.3 Å². The maximum atomic E-state index is 6.02. The summed E-state index contributed by atoms with van der Waals surface area (Å²) in [6.45, 7) is 2.03. The maximum absolute atomic E-state index is 6.02. The van der Waals surface area contributed by atoms with E-state index in [2.05, 4.69) is 9.97 Å². The van der Waals surface area contributed by atoms with Crippen LogP contribution in [0.4, 0.5) is 0 Å². The number of nitrogens with zero attached hydrogens (tertiary/aromatic N) is 2. The van der Waals surface area contributed by atoms with Gasteiger partial charge in [-0.25, -0.2) is 4.98 Å². The van der Waals surface area contributed by atoms with Crippen molar-refractivity contribution in [3.8, 4) is 11.6 Å². The summed E-state index contributed by atoms with van der Waals surface area (Å²) in [4.78, 5) is 7.73. The van der Waals surface area contributed by atoms with Crippen molar-refractivity contribution in [2.45, 2.75) is 13.3 Å². The Morgan fingerprint density at radius 2 is 2.06 bits per heavy atom. The lowest BCUT2D eigenvalue weighted by Crippen LogP contribution is -1.91. The van der Waals surface area contributed by atoms with Gasteiger partial charge in [0.15, 0.2) is 0 Å². The van der Waals surface area contributed by atoms with E-state index in [9.17, 15) is 0 Å². The second-order valence-corrected chi connectivity index (χ2v) is 4.12. The predicted octanol–water partition coefficient (Wildman–Crippen LogP) is 4.14. The molecule has 0 spiro atoms. The van der Waals surface area contributed by atoms with Crippen LogP contribution in [0.3, 0.4) is 0 Å². The molecule has 0 bridgehead atoms. The highest BCUT2D eigenvalue weighted by molar-refractivity contribution is 6.31. The van der Waals surface area contributed by atoms with Gasteiger partial charge in [0.2, 0.25) is 11.2 Å². The van der Waals surface area contributed by atoms with Crippen LogP contribution < -0.4 is 4.74 Å². The Balaban J connectivity index is 2.24. The summed E-state index contributed by atoms with van der Waals surface area (Å²) in [5.74, 6) is 1.09. The Kier molecular flexibility index (Phi) is 3.82. The summed E-state index contributed by atoms with van der Waals surface area (Å²) in [5.41, 5.74) is 1.03. The standard InChI is InChI=1S/C12H10Cl2N2O/c1-2-8-7-9(3-4-10(8)13)17-11-5-6-15-12(14)16-11/h3-7H,2H2,1H3. The Bertz CT molecular complexity index is 532. The molecule has 0 atom stereocenters. The summed E-state index contributed by atoms with van der Waals surface area (Å²) >= 11 is 11.7. The van der Waals surface area contributed by atoms with Gasteiger partial charge in [0.25, 0.3) is 0 Å². The molecule has 88 valence electrons. The van der Waals surface area contributed by atoms with Gasteiger partial charge < -0.3 is 4.74 Å². The number of hydrogen-bond donors (Lipinski definition) is 0. The molecule has 0 amide bonds. The first-order valence-corrected chi connectivity index (χ1v) is 5.89. The fourth-order valence-electron chi connectivity index (χ4n) is 1.38. The van der Waals surface area contributed by atoms with Crippen molar-refractivity contribution >= 4 is 23.2 Å². The molecule has 2 aromatic rings. The average Bonchev–Trinajstić information content (AvgIpc) is 2.32. The lowest BCUT2D eigenvalue weighted by molar-refractivity contribution is 0.461. The molecular formula is C12H10Cl2N2O. The molecule has 1 aromatic heterocycles. The van der Waals surface area contributed by atoms with Gasteiger partial charge in [-0.15, -0.1) is 0 Å². The minimum Gasteiger partial charge on any atom is -0.439 e. The number of benzene rings is 1. The van der Waals surface area contributed by atoms with Gasteiger partial charge in [-0.05, 0) is 41.8 Å². The van der Waals surface area contributed by atoms with Crippen molar-refractivity contribution in [2.24, 2.45) is 0 Å². The van der Waals surface area contributed by atoms with Crippen molar-refractivity contribution in [3.63, 3.8) is 0 Å². The molecule has 2 rings (SSSR count). The molecular weight excluding hydrogens is 259 g/mol. The van der Waals surface area contributed by atoms with Gasteiger partial charge in [0.05, 0.1) is 0 Å². The molecule has 1 heterocycles. The number of aromatic nitrogens is 2. The normalized spacial score (nSPS) is 10.3. The van der Waals surface area contributed by atoms with Crippen LogP contribution in [-0.2, 0) is 6.42 Å². The highest BCUT2D eigenvalue weighted by atomic mass is 35.5. The predicted molar refractivity (Wildman–Crippen MR) is 67.9 cm³/mol. The second kappa shape index (κ2) is 5.34. The molecule has 0 saturated heterocycles. The summed E-state index contributed by atoms with van der Waals surface area (Å²) in [7, 11) is 0. The summed E-state index contributed by atoms with van der Waals surface area (Å²) in [5, 5.41) is 0.896. The van der Waals surface area contributed by atoms with Gasteiger partial charge in [0.1, 0.15) is 5.75 Å². The van der Waals surface area contributed by atoms with Crippen molar-refractivity contribution < 1.29 is 4.74 Å². The van der Waals surface area contributed by atoms with E-state index in [0.29, 0.717) is 11.6 Å². The zero-order valence-electron chi connectivity index (χ0n) is 9.15. The van der Waals surface area contributed by atoms with E-state index in [1.54, 1.807) is 24.4 Å². The quantitative estimate of drug-likeness (QED) is 0.785. The van der Waals surface area contributed by atoms with Crippen molar-refractivity contribution in [1.29, 1.82) is 0 Å². The Hall–Kier alpha value is -1.32. The van der Waals surface area contributed by atoms with Crippen molar-refractivity contribution in [1.82, 2.24) is 9.97 Å². The van der Waals surface area contributed by atoms with Crippen LogP contribution >= 0.6 is 23.2 Å². The average molecular weight is 269 g/mol. The molecule has 0 saturated carbocycles. The van der Waals surface area contributed by atoms with Gasteiger partial charge in [-0.3, -0.25) is 0 Å². The third-order valence-electron chi connectivity index (χ3n) is 2.22. The van der Waals surface area contributed by atoms with Crippen LogP contribution in [0.25, 0.3) is 0 Å². The Morgan fingerprint density at radius 3 is 2.76 bits per heavy atom. The topological polar surface area (TPSA) is 35.0 Å². The van der Waals surface area contributed by atoms with Crippen LogP contribution in [0, 0.1) is 0 Å². The van der Waals surface area contributed by atoms with E-state index in [1.165, 1.54) is 0 Å². The molecule has 0 aliphatic carbocycles. The van der Waals surface area contributed by atoms with Crippen molar-refractivity contribution in [2.75, 3.05) is 0 Å². The molecule has 3 nitrogen and oxygen atoms in total. The fraction of sp³-hybridized carbons (Fsp3) is 0.167. The van der Waals surface area contributed by atoms with Crippen molar-refractivity contribution in [3.05, 3.63) is 46.3 Å². The van der Waals surface area contributed by atoms with E-state index >= 15 is 0 Å². The molecule has 0 radical (unpaired) electrons. The zero-order valence-corrected chi connectivity index (χ0v) is 10.7. The minimum absolute atomic E-state index is 0.159. The van der Waals surface area contributed by atoms with E-state index in [0.717, 1.165) is 17.0 Å². The molecule has 0 fully saturated rings. The molecule has 0 N–H and O–H groups in total. The van der Waals surface area contributed by atoms with E-state index in [4.69, 9.17) is 27.9 Å². The lowest BCUT2D eigenvalue weighted by atomic mass is 10.1. The SMILES string of the molecule is CCc1cc(Oc2ccnc(Cl)n2)ccc1Cl. The van der Waals surface area contributed by atoms with Gasteiger partial charge in [-0.2, -0.15) is 4.98 Å². The second-order valence-electron chi connectivity index (χ2n) is 3.37. The monoisotopic (exact) mass is 268 g/mol. The van der Waals surface area contributed by atoms with E-state index in [1.807, 2.05) is 13.0 Å². The molecule has 17 heavy (non-hydrogen) atoms. The number of ether oxygens (including phenoxy) is 1. The zero-order chi connectivity index (χ0) is 12.3. The molecule has 0 unspecified atom stereocenters. The Morgan fingerprint density at radius 1 is 1.24 bits per heavy atom.